The molecule has 1 aromatic rings. The van der Waals surface area contributed by atoms with E-state index in [1.54, 1.807) is 12.1 Å². The molecule has 96 valence electrons. The molecule has 0 amide bonds. The van der Waals surface area contributed by atoms with Crippen molar-refractivity contribution in [3.05, 3.63) is 30.1 Å². The first-order valence-electron chi connectivity index (χ1n) is 6.34. The number of anilines is 1. The Kier molecular flexibility index (Phi) is 4.16. The number of nitriles is 1. The molecule has 0 saturated carbocycles. The van der Waals surface area contributed by atoms with Crippen LogP contribution in [0.3, 0.4) is 0 Å². The Labute approximate surface area is 107 Å². The molecule has 1 saturated heterocycles. The molecule has 1 aromatic carbocycles. The van der Waals surface area contributed by atoms with E-state index in [0.717, 1.165) is 19.5 Å². The van der Waals surface area contributed by atoms with Crippen molar-refractivity contribution in [1.82, 2.24) is 5.32 Å². The molecule has 0 aliphatic carbocycles. The zero-order valence-electron chi connectivity index (χ0n) is 10.6. The van der Waals surface area contributed by atoms with Crippen LogP contribution in [0.25, 0.3) is 0 Å². The van der Waals surface area contributed by atoms with Crippen LogP contribution in [0.1, 0.15) is 19.8 Å². The summed E-state index contributed by atoms with van der Waals surface area (Å²) in [6, 6.07) is 9.27. The van der Waals surface area contributed by atoms with Crippen LogP contribution in [0.15, 0.2) is 24.3 Å². The number of hydrogen-bond acceptors (Lipinski definition) is 3. The number of rotatable bonds is 2. The van der Waals surface area contributed by atoms with Gasteiger partial charge in [0.25, 0.3) is 0 Å². The number of nitrogens with one attached hydrogen (secondary N) is 1. The SMILES string of the molecule is CC1CCNCC(CC#N)N1c1ccccc1F. The molecule has 18 heavy (non-hydrogen) atoms. The smallest absolute Gasteiger partial charge is 0.146 e. The lowest BCUT2D eigenvalue weighted by Gasteiger charge is -2.35. The topological polar surface area (TPSA) is 39.1 Å². The summed E-state index contributed by atoms with van der Waals surface area (Å²) in [6.45, 7) is 3.73. The maximum atomic E-state index is 13.9. The number of nitrogens with zero attached hydrogens (tertiary/aromatic N) is 2. The molecule has 3 nitrogen and oxygen atoms in total. The van der Waals surface area contributed by atoms with Gasteiger partial charge < -0.3 is 10.2 Å². The van der Waals surface area contributed by atoms with Crippen molar-refractivity contribution in [2.75, 3.05) is 18.0 Å². The van der Waals surface area contributed by atoms with E-state index in [2.05, 4.69) is 23.2 Å². The fourth-order valence-electron chi connectivity index (χ4n) is 2.55. The van der Waals surface area contributed by atoms with Crippen LogP contribution in [-0.4, -0.2) is 25.2 Å². The van der Waals surface area contributed by atoms with Crippen LogP contribution >= 0.6 is 0 Å². The minimum atomic E-state index is -0.214. The Bertz CT molecular complexity index is 441. The normalized spacial score (nSPS) is 24.4. The highest BCUT2D eigenvalue weighted by Gasteiger charge is 2.27. The Morgan fingerprint density at radius 2 is 2.28 bits per heavy atom. The number of para-hydroxylation sites is 1. The Morgan fingerprint density at radius 1 is 1.50 bits per heavy atom. The van der Waals surface area contributed by atoms with Gasteiger partial charge in [-0.25, -0.2) is 4.39 Å². The van der Waals surface area contributed by atoms with Crippen LogP contribution in [0, 0.1) is 17.1 Å². The third-order valence-electron chi connectivity index (χ3n) is 3.44. The largest absolute Gasteiger partial charge is 0.361 e. The molecule has 0 spiro atoms. The van der Waals surface area contributed by atoms with E-state index in [-0.39, 0.29) is 17.9 Å². The van der Waals surface area contributed by atoms with Gasteiger partial charge in [-0.05, 0) is 32.0 Å². The third-order valence-corrected chi connectivity index (χ3v) is 3.44. The molecule has 4 heteroatoms. The fraction of sp³-hybridized carbons (Fsp3) is 0.500. The van der Waals surface area contributed by atoms with Gasteiger partial charge in [0.05, 0.1) is 24.2 Å². The highest BCUT2D eigenvalue weighted by atomic mass is 19.1. The molecule has 1 aliphatic heterocycles. The Hall–Kier alpha value is -1.60. The van der Waals surface area contributed by atoms with Gasteiger partial charge >= 0.3 is 0 Å². The lowest BCUT2D eigenvalue weighted by Crippen LogP contribution is -2.44. The van der Waals surface area contributed by atoms with Crippen molar-refractivity contribution in [3.8, 4) is 6.07 Å². The van der Waals surface area contributed by atoms with Crippen molar-refractivity contribution in [2.24, 2.45) is 0 Å². The number of halogens is 1. The van der Waals surface area contributed by atoms with Crippen LogP contribution in [0.5, 0.6) is 0 Å². The van der Waals surface area contributed by atoms with Gasteiger partial charge in [0, 0.05) is 12.6 Å². The highest BCUT2D eigenvalue weighted by Crippen LogP contribution is 2.26. The van der Waals surface area contributed by atoms with E-state index in [4.69, 9.17) is 5.26 Å². The van der Waals surface area contributed by atoms with Gasteiger partial charge in [-0.15, -0.1) is 0 Å². The molecule has 1 aliphatic rings. The fourth-order valence-corrected chi connectivity index (χ4v) is 2.55. The van der Waals surface area contributed by atoms with E-state index < -0.39 is 0 Å². The van der Waals surface area contributed by atoms with Gasteiger partial charge in [0.1, 0.15) is 5.82 Å². The first-order valence-corrected chi connectivity index (χ1v) is 6.34. The minimum absolute atomic E-state index is 0.0319. The van der Waals surface area contributed by atoms with E-state index in [9.17, 15) is 4.39 Å². The molecular formula is C14H18FN3. The van der Waals surface area contributed by atoms with Gasteiger partial charge in [-0.2, -0.15) is 5.26 Å². The zero-order valence-corrected chi connectivity index (χ0v) is 10.6. The third kappa shape index (κ3) is 2.62. The quantitative estimate of drug-likeness (QED) is 0.871. The predicted octanol–water partition coefficient (Wildman–Crippen LogP) is 2.30. The van der Waals surface area contributed by atoms with Gasteiger partial charge in [0.2, 0.25) is 0 Å². The molecule has 1 heterocycles. The van der Waals surface area contributed by atoms with Crippen molar-refractivity contribution in [3.63, 3.8) is 0 Å². The average Bonchev–Trinajstić information content (AvgIpc) is 2.53. The number of hydrogen-bond donors (Lipinski definition) is 1. The first kappa shape index (κ1) is 12.8. The summed E-state index contributed by atoms with van der Waals surface area (Å²) in [7, 11) is 0. The van der Waals surface area contributed by atoms with Crippen LogP contribution < -0.4 is 10.2 Å². The van der Waals surface area contributed by atoms with Crippen molar-refractivity contribution in [1.29, 1.82) is 5.26 Å². The van der Waals surface area contributed by atoms with E-state index >= 15 is 0 Å². The molecule has 2 unspecified atom stereocenters. The molecule has 2 rings (SSSR count). The maximum absolute atomic E-state index is 13.9. The Balaban J connectivity index is 2.35. The van der Waals surface area contributed by atoms with Crippen LogP contribution in [-0.2, 0) is 0 Å². The molecular weight excluding hydrogens is 229 g/mol. The lowest BCUT2D eigenvalue weighted by atomic mass is 10.1. The minimum Gasteiger partial charge on any atom is -0.361 e. The molecule has 0 bridgehead atoms. The summed E-state index contributed by atoms with van der Waals surface area (Å²) in [4.78, 5) is 2.05. The van der Waals surface area contributed by atoms with Crippen molar-refractivity contribution in [2.45, 2.75) is 31.8 Å². The van der Waals surface area contributed by atoms with E-state index in [0.29, 0.717) is 12.1 Å². The Morgan fingerprint density at radius 3 is 3.00 bits per heavy atom. The zero-order chi connectivity index (χ0) is 13.0. The maximum Gasteiger partial charge on any atom is 0.146 e. The molecule has 2 atom stereocenters. The second-order valence-corrected chi connectivity index (χ2v) is 4.72. The van der Waals surface area contributed by atoms with Gasteiger partial charge in [0.15, 0.2) is 0 Å². The second kappa shape index (κ2) is 5.83. The van der Waals surface area contributed by atoms with Gasteiger partial charge in [-0.3, -0.25) is 0 Å². The second-order valence-electron chi connectivity index (χ2n) is 4.72. The van der Waals surface area contributed by atoms with Gasteiger partial charge in [-0.1, -0.05) is 12.1 Å². The van der Waals surface area contributed by atoms with Crippen LogP contribution in [0.4, 0.5) is 10.1 Å². The standard InChI is InChI=1S/C14H18FN3/c1-11-7-9-17-10-12(6-8-16)18(11)14-5-3-2-4-13(14)15/h2-5,11-12,17H,6-7,9-10H2,1H3. The summed E-state index contributed by atoms with van der Waals surface area (Å²) >= 11 is 0. The van der Waals surface area contributed by atoms with Crippen molar-refractivity contribution < 1.29 is 4.39 Å². The molecule has 0 aromatic heterocycles. The van der Waals surface area contributed by atoms with Crippen LogP contribution in [0.2, 0.25) is 0 Å². The molecule has 0 radical (unpaired) electrons. The summed E-state index contributed by atoms with van der Waals surface area (Å²) in [5.74, 6) is -0.214. The summed E-state index contributed by atoms with van der Waals surface area (Å²) < 4.78 is 13.9. The highest BCUT2D eigenvalue weighted by molar-refractivity contribution is 5.50. The van der Waals surface area contributed by atoms with Crippen molar-refractivity contribution >= 4 is 5.69 Å². The summed E-state index contributed by atoms with van der Waals surface area (Å²) in [5.41, 5.74) is 0.606. The monoisotopic (exact) mass is 247 g/mol. The van der Waals surface area contributed by atoms with E-state index in [1.807, 2.05) is 6.07 Å². The number of benzene rings is 1. The average molecular weight is 247 g/mol. The molecule has 1 N–H and O–H groups in total. The lowest BCUT2D eigenvalue weighted by molar-refractivity contribution is 0.530. The summed E-state index contributed by atoms with van der Waals surface area (Å²) in [5, 5.41) is 12.2. The summed E-state index contributed by atoms with van der Waals surface area (Å²) in [6.07, 6.45) is 1.36. The molecule has 1 fully saturated rings. The first-order chi connectivity index (χ1) is 8.74. The van der Waals surface area contributed by atoms with E-state index in [1.165, 1.54) is 6.07 Å². The predicted molar refractivity (Wildman–Crippen MR) is 69.8 cm³/mol.